The van der Waals surface area contributed by atoms with Crippen LogP contribution >= 0.6 is 22.7 Å². The first-order valence-corrected chi connectivity index (χ1v) is 34.0. The number of cyclic esters (lactones) is 2. The summed E-state index contributed by atoms with van der Waals surface area (Å²) in [6.07, 6.45) is 6.37. The molecule has 4 atom stereocenters. The number of aliphatic hydroxyl groups is 1. The Morgan fingerprint density at radius 3 is 1.39 bits per heavy atom. The molecule has 4 aromatic rings. The summed E-state index contributed by atoms with van der Waals surface area (Å²) in [7, 11) is 0. The molecular formula is C68H89N10NaO16S2. The molecule has 0 amide bonds. The number of fused-ring (bicyclic) bond motifs is 1. The second-order valence-electron chi connectivity index (χ2n) is 22.2. The van der Waals surface area contributed by atoms with Crippen LogP contribution in [0.2, 0.25) is 0 Å². The molecule has 0 bridgehead atoms. The third-order valence-electron chi connectivity index (χ3n) is 15.8. The SMILES string of the molecule is O=C1OC(=O)C2CCCCC12.[C-]#[N+]c1c(N=Nc2ccc(N(CC)CCOCCOCCOCCOCCOC(=O)C3CCCCC3C(=O)[O-])cc2C)sc(C#N)c1C.[C-]#[N+]c1sc(N=Nc2ccc(N(CC)CCOCCOCCOCCOCCO)cc2C)c([N+]#[C-])c1C.[Na+]. The molecule has 7 rings (SSSR count). The fraction of sp³-hybridized carbons (Fsp3) is 0.588. The third kappa shape index (κ3) is 27.9. The van der Waals surface area contributed by atoms with E-state index in [0.29, 0.717) is 167 Å². The molecule has 26 nitrogen and oxygen atoms in total. The summed E-state index contributed by atoms with van der Waals surface area (Å²) in [5, 5.41) is 47.7. The Hall–Kier alpha value is -6.68. The van der Waals surface area contributed by atoms with E-state index >= 15 is 0 Å². The van der Waals surface area contributed by atoms with Crippen LogP contribution in [-0.2, 0) is 66.5 Å². The number of azo groups is 2. The summed E-state index contributed by atoms with van der Waals surface area (Å²) in [6.45, 7) is 43.9. The number of carbonyl (C=O) groups excluding carboxylic acids is 4. The molecule has 2 aromatic heterocycles. The van der Waals surface area contributed by atoms with Gasteiger partial charge < -0.3 is 72.2 Å². The number of likely N-dealkylation sites (N-methyl/N-ethyl adjacent to an activating group) is 2. The largest absolute Gasteiger partial charge is 1.00 e. The number of nitrogens with zero attached hydrogens (tertiary/aromatic N) is 10. The van der Waals surface area contributed by atoms with E-state index in [1.165, 1.54) is 22.7 Å². The van der Waals surface area contributed by atoms with Crippen molar-refractivity contribution in [3.8, 4) is 6.07 Å². The minimum Gasteiger partial charge on any atom is -0.550 e. The maximum Gasteiger partial charge on any atom is 1.00 e. The maximum absolute atomic E-state index is 12.2. The van der Waals surface area contributed by atoms with Gasteiger partial charge in [0.2, 0.25) is 16.4 Å². The van der Waals surface area contributed by atoms with E-state index in [0.717, 1.165) is 86.3 Å². The van der Waals surface area contributed by atoms with E-state index in [9.17, 15) is 29.5 Å². The summed E-state index contributed by atoms with van der Waals surface area (Å²) in [6, 6.07) is 14.0. The number of carboxylic acids is 1. The Kier molecular flexibility index (Phi) is 40.4. The molecule has 1 aliphatic heterocycles. The number of carbonyl (C=O) groups is 4. The van der Waals surface area contributed by atoms with Gasteiger partial charge in [-0.05, 0) is 119 Å². The number of aryl methyl sites for hydroxylation is 2. The van der Waals surface area contributed by atoms with Crippen LogP contribution in [0.5, 0.6) is 0 Å². The summed E-state index contributed by atoms with van der Waals surface area (Å²) in [4.78, 5) is 60.8. The fourth-order valence-corrected chi connectivity index (χ4v) is 12.2. The number of thiophene rings is 2. The Bertz CT molecular complexity index is 3320. The van der Waals surface area contributed by atoms with Crippen LogP contribution in [0.25, 0.3) is 14.5 Å². The van der Waals surface area contributed by atoms with Crippen LogP contribution in [0.15, 0.2) is 56.9 Å². The maximum atomic E-state index is 12.2. The monoisotopic (exact) mass is 1390 g/mol. The molecule has 1 N–H and O–H groups in total. The predicted molar refractivity (Wildman–Crippen MR) is 360 cm³/mol. The number of aliphatic carboxylic acids is 1. The van der Waals surface area contributed by atoms with Gasteiger partial charge in [-0.15, -0.1) is 22.7 Å². The topological polar surface area (TPSA) is 297 Å². The van der Waals surface area contributed by atoms with Gasteiger partial charge in [0.05, 0.1) is 166 Å². The van der Waals surface area contributed by atoms with Crippen molar-refractivity contribution in [3.05, 3.63) is 97.8 Å². The zero-order valence-corrected chi connectivity index (χ0v) is 60.5. The summed E-state index contributed by atoms with van der Waals surface area (Å²) in [5.41, 5.74) is 7.52. The van der Waals surface area contributed by atoms with Gasteiger partial charge in [-0.25, -0.2) is 14.5 Å². The van der Waals surface area contributed by atoms with E-state index in [4.69, 9.17) is 67.5 Å². The average Bonchev–Trinajstić information content (AvgIpc) is 1.71. The van der Waals surface area contributed by atoms with Gasteiger partial charge in [-0.3, -0.25) is 14.4 Å². The fourth-order valence-electron chi connectivity index (χ4n) is 10.5. The third-order valence-corrected chi connectivity index (χ3v) is 18.0. The Labute approximate surface area is 599 Å². The standard InChI is InChI=1S/C34H45N5O8S.C26H35N5O5S.C8H10O3.Na/c1-5-39(26-10-11-29(24(2)22-26)37-38-32-31(36-4)25(3)30(23-35)48-32)12-13-43-14-15-44-16-17-45-18-19-46-20-21-47-34(42)28-9-7-6-8-27(28)33(40)41;1-6-31(9-11-33-13-15-35-17-18-36-16-14-34-12-10-32)22-7-8-23(20(2)19-22)29-30-26-24(27-4)21(3)25(28-5)37-26;9-7-5-3-1-2-4-6(5)8(10)11-7;/h10-11,22,27-28H,5-9,12-21H2,1-3H3,(H,40,41);7-8,19,32H,6,9-18H2,1-3H3;5-6H,1-4H2;/q;;;+1/p-1. The number of ether oxygens (including phenoxy) is 10. The molecule has 0 radical (unpaired) electrons. The normalized spacial score (nSPS) is 16.3. The molecule has 3 heterocycles. The van der Waals surface area contributed by atoms with E-state index < -0.39 is 23.8 Å². The number of esters is 3. The number of aliphatic hydroxyl groups excluding tert-OH is 1. The minimum atomic E-state index is -1.18. The molecule has 97 heavy (non-hydrogen) atoms. The zero-order valence-electron chi connectivity index (χ0n) is 56.8. The second-order valence-corrected chi connectivity index (χ2v) is 24.2. The molecule has 2 aromatic carbocycles. The molecule has 3 fully saturated rings. The molecule has 2 saturated carbocycles. The second kappa shape index (κ2) is 47.3. The van der Waals surface area contributed by atoms with Crippen molar-refractivity contribution in [1.82, 2.24) is 0 Å². The van der Waals surface area contributed by atoms with Gasteiger partial charge in [-0.2, -0.15) is 25.7 Å². The van der Waals surface area contributed by atoms with Crippen molar-refractivity contribution in [1.29, 1.82) is 5.26 Å². The van der Waals surface area contributed by atoms with Crippen LogP contribution in [0.1, 0.15) is 92.3 Å². The zero-order chi connectivity index (χ0) is 69.5. The van der Waals surface area contributed by atoms with Crippen molar-refractivity contribution >= 4 is 95.7 Å². The Morgan fingerprint density at radius 2 is 0.990 bits per heavy atom. The first kappa shape index (κ1) is 82.7. The number of hydrogen-bond acceptors (Lipinski definition) is 25. The molecule has 29 heteroatoms. The Balaban J connectivity index is 0.000000359. The summed E-state index contributed by atoms with van der Waals surface area (Å²) in [5.74, 6) is -3.86. The van der Waals surface area contributed by atoms with Crippen molar-refractivity contribution in [2.24, 2.45) is 44.1 Å². The van der Waals surface area contributed by atoms with Crippen LogP contribution in [0, 0.1) is 82.4 Å². The molecule has 0 spiro atoms. The van der Waals surface area contributed by atoms with Gasteiger partial charge in [0.15, 0.2) is 0 Å². The first-order valence-electron chi connectivity index (χ1n) is 32.3. The number of benzene rings is 2. The smallest absolute Gasteiger partial charge is 0.550 e. The quantitative estimate of drug-likeness (QED) is 0.0109. The number of carboxylic acid groups (broad SMARTS) is 1. The molecule has 2 aliphatic carbocycles. The number of rotatable bonds is 39. The number of nitriles is 1. The predicted octanol–water partition coefficient (Wildman–Crippen LogP) is 8.84. The first-order chi connectivity index (χ1) is 46.6. The van der Waals surface area contributed by atoms with Crippen LogP contribution in [0.4, 0.5) is 49.1 Å². The van der Waals surface area contributed by atoms with Gasteiger partial charge in [0.1, 0.15) is 22.7 Å². The molecular weight excluding hydrogens is 1300 g/mol. The molecule has 520 valence electrons. The Morgan fingerprint density at radius 1 is 0.588 bits per heavy atom. The van der Waals surface area contributed by atoms with Crippen molar-refractivity contribution in [2.75, 3.05) is 155 Å². The van der Waals surface area contributed by atoms with Crippen LogP contribution in [-0.4, -0.2) is 174 Å². The van der Waals surface area contributed by atoms with Crippen molar-refractivity contribution < 1.29 is 106 Å². The summed E-state index contributed by atoms with van der Waals surface area (Å²) >= 11 is 2.37. The van der Waals surface area contributed by atoms with Crippen LogP contribution in [0.3, 0.4) is 0 Å². The molecule has 1 saturated heterocycles. The van der Waals surface area contributed by atoms with Gasteiger partial charge in [0.25, 0.3) is 0 Å². The average molecular weight is 1390 g/mol. The minimum absolute atomic E-state index is 0. The van der Waals surface area contributed by atoms with Gasteiger partial charge >= 0.3 is 47.5 Å². The molecule has 4 unspecified atom stereocenters. The molecule has 3 aliphatic rings. The van der Waals surface area contributed by atoms with Crippen molar-refractivity contribution in [2.45, 2.75) is 92.9 Å². The van der Waals surface area contributed by atoms with Gasteiger partial charge in [-0.1, -0.05) is 32.6 Å². The summed E-state index contributed by atoms with van der Waals surface area (Å²) < 4.78 is 53.6. The van der Waals surface area contributed by atoms with E-state index in [-0.39, 0.29) is 73.2 Å². The van der Waals surface area contributed by atoms with Crippen LogP contribution < -0.4 is 44.5 Å². The van der Waals surface area contributed by atoms with Crippen molar-refractivity contribution in [3.63, 3.8) is 0 Å². The van der Waals surface area contributed by atoms with E-state index in [1.807, 2.05) is 44.2 Å². The van der Waals surface area contributed by atoms with E-state index in [2.05, 4.69) is 75.5 Å². The van der Waals surface area contributed by atoms with E-state index in [1.54, 1.807) is 13.8 Å². The number of hydrogen-bond donors (Lipinski definition) is 1. The number of anilines is 2. The van der Waals surface area contributed by atoms with Gasteiger partial charge in [0, 0.05) is 49.4 Å².